The predicted octanol–water partition coefficient (Wildman–Crippen LogP) is 4.95. The third-order valence-electron chi connectivity index (χ3n) is 5.40. The third-order valence-corrected chi connectivity index (χ3v) is 6.39. The van der Waals surface area contributed by atoms with E-state index >= 15 is 0 Å². The minimum Gasteiger partial charge on any atom is -0.361 e. The molecule has 2 amide bonds. The monoisotopic (exact) mass is 367 g/mol. The Balaban J connectivity index is 1.56. The van der Waals surface area contributed by atoms with Crippen LogP contribution in [-0.4, -0.2) is 35.0 Å². The van der Waals surface area contributed by atoms with Crippen LogP contribution in [0.5, 0.6) is 0 Å². The molecule has 0 radical (unpaired) electrons. The number of amides is 2. The molecule has 2 aromatic heterocycles. The molecule has 0 bridgehead atoms. The van der Waals surface area contributed by atoms with Gasteiger partial charge in [0.15, 0.2) is 0 Å². The van der Waals surface area contributed by atoms with Crippen LogP contribution in [0, 0.1) is 0 Å². The molecule has 3 aromatic rings. The average Bonchev–Trinajstić information content (AvgIpc) is 3.33. The Morgan fingerprint density at radius 2 is 2.19 bits per heavy atom. The molecule has 2 N–H and O–H groups in total. The van der Waals surface area contributed by atoms with E-state index in [2.05, 4.69) is 59.1 Å². The summed E-state index contributed by atoms with van der Waals surface area (Å²) < 4.78 is 0. The van der Waals surface area contributed by atoms with Crippen molar-refractivity contribution in [2.45, 2.75) is 38.1 Å². The third kappa shape index (κ3) is 3.36. The summed E-state index contributed by atoms with van der Waals surface area (Å²) in [7, 11) is 0. The summed E-state index contributed by atoms with van der Waals surface area (Å²) >= 11 is 1.75. The molecule has 0 saturated carbocycles. The van der Waals surface area contributed by atoms with Gasteiger partial charge in [-0.2, -0.15) is 0 Å². The summed E-state index contributed by atoms with van der Waals surface area (Å²) in [6.45, 7) is 3.63. The molecule has 1 fully saturated rings. The number of fused-ring (bicyclic) bond motifs is 1. The average molecular weight is 368 g/mol. The number of H-pyrrole nitrogens is 1. The van der Waals surface area contributed by atoms with Crippen LogP contribution in [0.1, 0.15) is 42.5 Å². The smallest absolute Gasteiger partial charge is 0.317 e. The van der Waals surface area contributed by atoms with Crippen LogP contribution in [0.25, 0.3) is 10.9 Å². The van der Waals surface area contributed by atoms with E-state index in [4.69, 9.17) is 0 Å². The molecule has 4 nitrogen and oxygen atoms in total. The second kappa shape index (κ2) is 7.54. The van der Waals surface area contributed by atoms with E-state index in [9.17, 15) is 4.79 Å². The lowest BCUT2D eigenvalue weighted by Gasteiger charge is -2.33. The summed E-state index contributed by atoms with van der Waals surface area (Å²) in [5, 5.41) is 6.54. The number of aromatic nitrogens is 1. The zero-order chi connectivity index (χ0) is 17.9. The predicted molar refractivity (Wildman–Crippen MR) is 108 cm³/mol. The molecule has 4 rings (SSSR count). The first kappa shape index (κ1) is 17.2. The second-order valence-electron chi connectivity index (χ2n) is 7.08. The van der Waals surface area contributed by atoms with Crippen LogP contribution >= 0.6 is 11.3 Å². The van der Waals surface area contributed by atoms with Gasteiger partial charge in [0.25, 0.3) is 0 Å². The molecular formula is C21H25N3OS. The van der Waals surface area contributed by atoms with Gasteiger partial charge >= 0.3 is 6.03 Å². The lowest BCUT2D eigenvalue weighted by molar-refractivity contribution is 0.158. The summed E-state index contributed by atoms with van der Waals surface area (Å²) in [6, 6.07) is 13.0. The van der Waals surface area contributed by atoms with E-state index in [0.717, 1.165) is 24.9 Å². The minimum absolute atomic E-state index is 0.0681. The van der Waals surface area contributed by atoms with Crippen molar-refractivity contribution in [2.24, 2.45) is 0 Å². The maximum atomic E-state index is 12.7. The van der Waals surface area contributed by atoms with Crippen LogP contribution in [0.15, 0.2) is 48.0 Å². The van der Waals surface area contributed by atoms with Gasteiger partial charge in [-0.1, -0.05) is 24.3 Å². The van der Waals surface area contributed by atoms with E-state index in [-0.39, 0.29) is 11.9 Å². The standard InChI is InChI=1S/C21H25N3OS/c1-15-7-4-5-11-24(15)21(25)23-14-18(20-10-6-12-26-20)17-13-22-19-9-3-2-8-16(17)19/h2-3,6,8-10,12-13,15,18,22H,4-5,7,11,14H2,1H3,(H,23,25)/t15-,18+/m1/s1. The number of aromatic amines is 1. The number of carbonyl (C=O) groups excluding carboxylic acids is 1. The molecule has 26 heavy (non-hydrogen) atoms. The topological polar surface area (TPSA) is 48.1 Å². The van der Waals surface area contributed by atoms with Crippen molar-refractivity contribution in [3.05, 3.63) is 58.4 Å². The number of hydrogen-bond acceptors (Lipinski definition) is 2. The number of para-hydroxylation sites is 1. The SMILES string of the molecule is C[C@@H]1CCCCN1C(=O)NC[C@H](c1cccs1)c1c[nH]c2ccccc12. The first-order valence-electron chi connectivity index (χ1n) is 9.38. The van der Waals surface area contributed by atoms with Gasteiger partial charge in [0, 0.05) is 47.0 Å². The number of piperidine rings is 1. The number of urea groups is 1. The number of hydrogen-bond donors (Lipinski definition) is 2. The highest BCUT2D eigenvalue weighted by molar-refractivity contribution is 7.10. The van der Waals surface area contributed by atoms with Crippen LogP contribution in [0.3, 0.4) is 0 Å². The molecule has 0 spiro atoms. The Hall–Kier alpha value is -2.27. The van der Waals surface area contributed by atoms with Gasteiger partial charge in [-0.3, -0.25) is 0 Å². The number of nitrogens with one attached hydrogen (secondary N) is 2. The van der Waals surface area contributed by atoms with Gasteiger partial charge in [0.05, 0.1) is 0 Å². The fourth-order valence-corrected chi connectivity index (χ4v) is 4.77. The summed E-state index contributed by atoms with van der Waals surface area (Å²) in [5.74, 6) is 0.162. The Bertz CT molecular complexity index is 870. The number of likely N-dealkylation sites (tertiary alicyclic amines) is 1. The molecule has 0 unspecified atom stereocenters. The highest BCUT2D eigenvalue weighted by Gasteiger charge is 2.25. The fourth-order valence-electron chi connectivity index (χ4n) is 3.93. The maximum absolute atomic E-state index is 12.7. The highest BCUT2D eigenvalue weighted by Crippen LogP contribution is 2.33. The molecule has 1 aliphatic rings. The van der Waals surface area contributed by atoms with Crippen molar-refractivity contribution < 1.29 is 4.79 Å². The lowest BCUT2D eigenvalue weighted by Crippen LogP contribution is -2.48. The molecule has 136 valence electrons. The van der Waals surface area contributed by atoms with E-state index in [1.165, 1.54) is 22.2 Å². The zero-order valence-electron chi connectivity index (χ0n) is 15.1. The minimum atomic E-state index is 0.0681. The molecular weight excluding hydrogens is 342 g/mol. The molecule has 5 heteroatoms. The fraction of sp³-hybridized carbons (Fsp3) is 0.381. The Labute approximate surface area is 158 Å². The molecule has 3 heterocycles. The molecule has 2 atom stereocenters. The number of benzene rings is 1. The van der Waals surface area contributed by atoms with Crippen LogP contribution in [0.4, 0.5) is 4.79 Å². The Morgan fingerprint density at radius 1 is 1.31 bits per heavy atom. The summed E-state index contributed by atoms with van der Waals surface area (Å²) in [6.07, 6.45) is 5.52. The van der Waals surface area contributed by atoms with Crippen LogP contribution in [0.2, 0.25) is 0 Å². The summed E-state index contributed by atoms with van der Waals surface area (Å²) in [5.41, 5.74) is 2.38. The first-order chi connectivity index (χ1) is 12.7. The molecule has 1 aliphatic heterocycles. The van der Waals surface area contributed by atoms with Crippen molar-refractivity contribution in [1.82, 2.24) is 15.2 Å². The highest BCUT2D eigenvalue weighted by atomic mass is 32.1. The van der Waals surface area contributed by atoms with E-state index in [0.29, 0.717) is 12.6 Å². The van der Waals surface area contributed by atoms with Gasteiger partial charge in [-0.05, 0) is 49.3 Å². The zero-order valence-corrected chi connectivity index (χ0v) is 15.9. The molecule has 1 aromatic carbocycles. The number of nitrogens with zero attached hydrogens (tertiary/aromatic N) is 1. The first-order valence-corrected chi connectivity index (χ1v) is 10.3. The van der Waals surface area contributed by atoms with Gasteiger partial charge in [-0.25, -0.2) is 4.79 Å². The van der Waals surface area contributed by atoms with Gasteiger partial charge in [-0.15, -0.1) is 11.3 Å². The maximum Gasteiger partial charge on any atom is 0.317 e. The van der Waals surface area contributed by atoms with Crippen molar-refractivity contribution in [1.29, 1.82) is 0 Å². The van der Waals surface area contributed by atoms with Gasteiger partial charge in [0.2, 0.25) is 0 Å². The summed E-state index contributed by atoms with van der Waals surface area (Å²) in [4.78, 5) is 19.4. The lowest BCUT2D eigenvalue weighted by atomic mass is 9.96. The number of rotatable bonds is 4. The normalized spacial score (nSPS) is 18.8. The van der Waals surface area contributed by atoms with Gasteiger partial charge < -0.3 is 15.2 Å². The number of thiophene rings is 1. The van der Waals surface area contributed by atoms with Gasteiger partial charge in [0.1, 0.15) is 0 Å². The Kier molecular flexibility index (Phi) is 4.98. The van der Waals surface area contributed by atoms with Crippen molar-refractivity contribution in [3.63, 3.8) is 0 Å². The largest absolute Gasteiger partial charge is 0.361 e. The van der Waals surface area contributed by atoms with Crippen molar-refractivity contribution >= 4 is 28.3 Å². The molecule has 0 aliphatic carbocycles. The Morgan fingerprint density at radius 3 is 3.00 bits per heavy atom. The van der Waals surface area contributed by atoms with E-state index in [1.807, 2.05) is 11.0 Å². The van der Waals surface area contributed by atoms with Crippen LogP contribution < -0.4 is 5.32 Å². The molecule has 1 saturated heterocycles. The van der Waals surface area contributed by atoms with E-state index in [1.54, 1.807) is 11.3 Å². The van der Waals surface area contributed by atoms with E-state index < -0.39 is 0 Å². The number of carbonyl (C=O) groups is 1. The van der Waals surface area contributed by atoms with Crippen molar-refractivity contribution in [3.8, 4) is 0 Å². The van der Waals surface area contributed by atoms with Crippen LogP contribution in [-0.2, 0) is 0 Å². The second-order valence-corrected chi connectivity index (χ2v) is 8.06. The quantitative estimate of drug-likeness (QED) is 0.674. The van der Waals surface area contributed by atoms with Crippen molar-refractivity contribution in [2.75, 3.05) is 13.1 Å².